The van der Waals surface area contributed by atoms with Crippen molar-refractivity contribution >= 4 is 29.3 Å². The van der Waals surface area contributed by atoms with E-state index in [1.807, 2.05) is 45.9 Å². The van der Waals surface area contributed by atoms with E-state index < -0.39 is 0 Å². The summed E-state index contributed by atoms with van der Waals surface area (Å²) < 4.78 is 5.32. The number of aryl methyl sites for hydroxylation is 2. The standard InChI is InChI=1S/C23H32N4O4/c1-16(2)15-31-23(30)26-11-5-10-25(12-13-26)22(29)19-8-9-21(28)27(24-19)20-14-17(3)6-7-18(20)4/h6-7,14,16H,5,8-13,15H2,1-4H3. The second kappa shape index (κ2) is 9.94. The highest BCUT2D eigenvalue weighted by molar-refractivity contribution is 6.40. The van der Waals surface area contributed by atoms with Gasteiger partial charge in [-0.2, -0.15) is 5.10 Å². The summed E-state index contributed by atoms with van der Waals surface area (Å²) in [6, 6.07) is 5.85. The molecule has 1 saturated heterocycles. The Labute approximate surface area is 183 Å². The van der Waals surface area contributed by atoms with Crippen molar-refractivity contribution in [3.63, 3.8) is 0 Å². The normalized spacial score (nSPS) is 17.5. The minimum atomic E-state index is -0.329. The maximum absolute atomic E-state index is 13.2. The number of nitrogens with zero attached hydrogens (tertiary/aromatic N) is 4. The number of benzene rings is 1. The average molecular weight is 429 g/mol. The molecule has 1 aromatic rings. The first-order valence-electron chi connectivity index (χ1n) is 10.9. The molecule has 0 N–H and O–H groups in total. The first kappa shape index (κ1) is 22.8. The van der Waals surface area contributed by atoms with Crippen molar-refractivity contribution in [3.8, 4) is 0 Å². The van der Waals surface area contributed by atoms with E-state index in [9.17, 15) is 14.4 Å². The highest BCUT2D eigenvalue weighted by atomic mass is 16.6. The lowest BCUT2D eigenvalue weighted by atomic mass is 10.1. The van der Waals surface area contributed by atoms with E-state index in [1.165, 1.54) is 5.01 Å². The first-order valence-corrected chi connectivity index (χ1v) is 10.9. The number of hydrazone groups is 1. The van der Waals surface area contributed by atoms with Gasteiger partial charge in [-0.25, -0.2) is 9.80 Å². The Kier molecular flexibility index (Phi) is 7.30. The number of carbonyl (C=O) groups excluding carboxylic acids is 3. The van der Waals surface area contributed by atoms with Gasteiger partial charge < -0.3 is 14.5 Å². The van der Waals surface area contributed by atoms with E-state index in [2.05, 4.69) is 5.10 Å². The van der Waals surface area contributed by atoms with Crippen LogP contribution in [-0.2, 0) is 14.3 Å². The number of rotatable bonds is 4. The summed E-state index contributed by atoms with van der Waals surface area (Å²) in [5.74, 6) is 0.00130. The van der Waals surface area contributed by atoms with Gasteiger partial charge in [0, 0.05) is 39.0 Å². The second-order valence-electron chi connectivity index (χ2n) is 8.65. The first-order chi connectivity index (χ1) is 14.8. The van der Waals surface area contributed by atoms with Crippen LogP contribution in [-0.4, -0.2) is 66.2 Å². The number of anilines is 1. The van der Waals surface area contributed by atoms with Crippen molar-refractivity contribution in [1.29, 1.82) is 0 Å². The highest BCUT2D eigenvalue weighted by Gasteiger charge is 2.30. The van der Waals surface area contributed by atoms with E-state index in [-0.39, 0.29) is 30.2 Å². The molecule has 2 aliphatic rings. The van der Waals surface area contributed by atoms with Gasteiger partial charge in [-0.3, -0.25) is 9.59 Å². The molecule has 0 saturated carbocycles. The summed E-state index contributed by atoms with van der Waals surface area (Å²) in [5.41, 5.74) is 3.06. The molecule has 0 aliphatic carbocycles. The zero-order valence-corrected chi connectivity index (χ0v) is 18.9. The number of hydrogen-bond donors (Lipinski definition) is 0. The fourth-order valence-corrected chi connectivity index (χ4v) is 3.66. The van der Waals surface area contributed by atoms with E-state index in [4.69, 9.17) is 4.74 Å². The number of ether oxygens (including phenoxy) is 1. The van der Waals surface area contributed by atoms with Gasteiger partial charge in [-0.15, -0.1) is 0 Å². The van der Waals surface area contributed by atoms with Gasteiger partial charge in [0.2, 0.25) is 5.91 Å². The highest BCUT2D eigenvalue weighted by Crippen LogP contribution is 2.26. The molecular weight excluding hydrogens is 396 g/mol. The Morgan fingerprint density at radius 1 is 1.06 bits per heavy atom. The van der Waals surface area contributed by atoms with Crippen molar-refractivity contribution in [2.45, 2.75) is 47.0 Å². The predicted molar refractivity (Wildman–Crippen MR) is 119 cm³/mol. The topological polar surface area (TPSA) is 82.5 Å². The summed E-state index contributed by atoms with van der Waals surface area (Å²) >= 11 is 0. The van der Waals surface area contributed by atoms with Crippen LogP contribution in [0.2, 0.25) is 0 Å². The number of hydrogen-bond acceptors (Lipinski definition) is 5. The molecule has 168 valence electrons. The molecule has 1 fully saturated rings. The van der Waals surface area contributed by atoms with Crippen molar-refractivity contribution in [2.75, 3.05) is 37.8 Å². The fourth-order valence-electron chi connectivity index (χ4n) is 3.66. The van der Waals surface area contributed by atoms with Gasteiger partial charge in [0.05, 0.1) is 12.3 Å². The Morgan fingerprint density at radius 2 is 1.77 bits per heavy atom. The van der Waals surface area contributed by atoms with Crippen molar-refractivity contribution in [1.82, 2.24) is 9.80 Å². The SMILES string of the molecule is Cc1ccc(C)c(N2N=C(C(=O)N3CCCN(C(=O)OCC(C)C)CC3)CCC2=O)c1. The van der Waals surface area contributed by atoms with Crippen LogP contribution in [0.25, 0.3) is 0 Å². The largest absolute Gasteiger partial charge is 0.449 e. The van der Waals surface area contributed by atoms with Gasteiger partial charge in [-0.1, -0.05) is 26.0 Å². The molecule has 3 amide bonds. The summed E-state index contributed by atoms with van der Waals surface area (Å²) in [6.45, 7) is 10.2. The molecule has 2 aliphatic heterocycles. The van der Waals surface area contributed by atoms with Gasteiger partial charge in [0.15, 0.2) is 0 Å². The predicted octanol–water partition coefficient (Wildman–Crippen LogP) is 3.11. The molecule has 0 atom stereocenters. The molecule has 31 heavy (non-hydrogen) atoms. The monoisotopic (exact) mass is 428 g/mol. The molecule has 0 bridgehead atoms. The van der Waals surface area contributed by atoms with E-state index in [0.29, 0.717) is 57.0 Å². The van der Waals surface area contributed by atoms with Crippen LogP contribution in [0.4, 0.5) is 10.5 Å². The molecule has 0 radical (unpaired) electrons. The lowest BCUT2D eigenvalue weighted by Gasteiger charge is -2.27. The molecule has 1 aromatic carbocycles. The zero-order valence-electron chi connectivity index (χ0n) is 18.9. The minimum absolute atomic E-state index is 0.111. The molecular formula is C23H32N4O4. The minimum Gasteiger partial charge on any atom is -0.449 e. The Balaban J connectivity index is 1.69. The van der Waals surface area contributed by atoms with Crippen molar-refractivity contribution < 1.29 is 19.1 Å². The molecule has 0 spiro atoms. The van der Waals surface area contributed by atoms with Crippen LogP contribution in [0.1, 0.15) is 44.2 Å². The third-order valence-corrected chi connectivity index (χ3v) is 5.45. The van der Waals surface area contributed by atoms with Crippen LogP contribution >= 0.6 is 0 Å². The molecule has 8 nitrogen and oxygen atoms in total. The maximum atomic E-state index is 13.2. The molecule has 8 heteroatoms. The zero-order chi connectivity index (χ0) is 22.5. The van der Waals surface area contributed by atoms with E-state index in [1.54, 1.807) is 9.80 Å². The van der Waals surface area contributed by atoms with Gasteiger partial charge in [-0.05, 0) is 43.4 Å². The Bertz CT molecular complexity index is 880. The Morgan fingerprint density at radius 3 is 2.52 bits per heavy atom. The maximum Gasteiger partial charge on any atom is 0.409 e. The lowest BCUT2D eigenvalue weighted by Crippen LogP contribution is -2.43. The van der Waals surface area contributed by atoms with Crippen molar-refractivity contribution in [3.05, 3.63) is 29.3 Å². The van der Waals surface area contributed by atoms with Gasteiger partial charge >= 0.3 is 6.09 Å². The third-order valence-electron chi connectivity index (χ3n) is 5.45. The summed E-state index contributed by atoms with van der Waals surface area (Å²) in [6.07, 6.45) is 0.926. The van der Waals surface area contributed by atoms with Crippen LogP contribution in [0.3, 0.4) is 0 Å². The van der Waals surface area contributed by atoms with Crippen LogP contribution in [0, 0.1) is 19.8 Å². The average Bonchev–Trinajstić information content (AvgIpc) is 3.00. The summed E-state index contributed by atoms with van der Waals surface area (Å²) in [5, 5.41) is 5.82. The van der Waals surface area contributed by atoms with Crippen molar-refractivity contribution in [2.24, 2.45) is 11.0 Å². The van der Waals surface area contributed by atoms with E-state index >= 15 is 0 Å². The summed E-state index contributed by atoms with van der Waals surface area (Å²) in [4.78, 5) is 41.3. The number of carbonyl (C=O) groups is 3. The van der Waals surface area contributed by atoms with E-state index in [0.717, 1.165) is 11.1 Å². The molecule has 3 rings (SSSR count). The lowest BCUT2D eigenvalue weighted by molar-refractivity contribution is -0.124. The third kappa shape index (κ3) is 5.62. The second-order valence-corrected chi connectivity index (χ2v) is 8.65. The van der Waals surface area contributed by atoms with Gasteiger partial charge in [0.25, 0.3) is 5.91 Å². The molecule has 2 heterocycles. The summed E-state index contributed by atoms with van der Waals surface area (Å²) in [7, 11) is 0. The molecule has 0 unspecified atom stereocenters. The van der Waals surface area contributed by atoms with Crippen LogP contribution in [0.5, 0.6) is 0 Å². The van der Waals surface area contributed by atoms with Crippen LogP contribution in [0.15, 0.2) is 23.3 Å². The van der Waals surface area contributed by atoms with Crippen LogP contribution < -0.4 is 5.01 Å². The molecule has 0 aromatic heterocycles. The van der Waals surface area contributed by atoms with Gasteiger partial charge in [0.1, 0.15) is 5.71 Å². The Hall–Kier alpha value is -2.90. The number of amides is 3. The smallest absolute Gasteiger partial charge is 0.409 e. The quantitative estimate of drug-likeness (QED) is 0.738. The fraction of sp³-hybridized carbons (Fsp3) is 0.565.